The molecule has 0 aliphatic carbocycles. The number of nitrogens with zero attached hydrogens (tertiary/aromatic N) is 1. The third-order valence-electron chi connectivity index (χ3n) is 2.15. The van der Waals surface area contributed by atoms with Gasteiger partial charge in [-0.15, -0.1) is 0 Å². The average molecular weight is 174 g/mol. The van der Waals surface area contributed by atoms with E-state index in [1.54, 1.807) is 0 Å². The molecule has 68 valence electrons. The van der Waals surface area contributed by atoms with Crippen molar-refractivity contribution in [2.24, 2.45) is 5.73 Å². The molecule has 0 spiro atoms. The second kappa shape index (κ2) is 4.06. The van der Waals surface area contributed by atoms with Crippen LogP contribution in [0.25, 0.3) is 0 Å². The fourth-order valence-corrected chi connectivity index (χ4v) is 1.41. The van der Waals surface area contributed by atoms with Crippen LogP contribution in [0.4, 0.5) is 0 Å². The zero-order valence-electron chi connectivity index (χ0n) is 8.04. The predicted molar refractivity (Wildman–Crippen MR) is 53.1 cm³/mol. The molecular weight excluding hydrogens is 160 g/mol. The highest BCUT2D eigenvalue weighted by Gasteiger charge is 2.05. The largest absolute Gasteiger partial charge is 0.324 e. The van der Waals surface area contributed by atoms with Gasteiger partial charge in [0.25, 0.3) is 0 Å². The number of aryl methyl sites for hydroxylation is 1. The summed E-state index contributed by atoms with van der Waals surface area (Å²) in [5.74, 6) is 0. The molecule has 0 amide bonds. The van der Waals surface area contributed by atoms with Crippen LogP contribution in [0.1, 0.15) is 36.6 Å². The fraction of sp³-hybridized carbons (Fsp3) is 0.364. The molecule has 0 bridgehead atoms. The monoisotopic (exact) mass is 174 g/mol. The van der Waals surface area contributed by atoms with Crippen molar-refractivity contribution in [1.29, 1.82) is 5.26 Å². The van der Waals surface area contributed by atoms with Crippen LogP contribution < -0.4 is 5.73 Å². The molecule has 0 saturated heterocycles. The van der Waals surface area contributed by atoms with Crippen molar-refractivity contribution in [2.45, 2.75) is 26.3 Å². The Hall–Kier alpha value is -1.33. The van der Waals surface area contributed by atoms with Crippen LogP contribution in [0.3, 0.4) is 0 Å². The Balaban J connectivity index is 3.20. The third kappa shape index (κ3) is 2.07. The molecule has 2 N–H and O–H groups in total. The number of nitrogens with two attached hydrogens (primary N) is 1. The lowest BCUT2D eigenvalue weighted by atomic mass is 9.98. The van der Waals surface area contributed by atoms with Crippen molar-refractivity contribution in [2.75, 3.05) is 0 Å². The molecule has 0 aliphatic heterocycles. The second-order valence-corrected chi connectivity index (χ2v) is 3.17. The van der Waals surface area contributed by atoms with E-state index in [-0.39, 0.29) is 6.04 Å². The van der Waals surface area contributed by atoms with E-state index in [0.717, 1.165) is 12.0 Å². The summed E-state index contributed by atoms with van der Waals surface area (Å²) in [6.45, 7) is 4.03. The zero-order valence-corrected chi connectivity index (χ0v) is 8.04. The lowest BCUT2D eigenvalue weighted by Crippen LogP contribution is -2.08. The first-order valence-electron chi connectivity index (χ1n) is 4.47. The van der Waals surface area contributed by atoms with Gasteiger partial charge in [0.05, 0.1) is 11.6 Å². The molecule has 2 heteroatoms. The molecule has 2 nitrogen and oxygen atoms in total. The van der Waals surface area contributed by atoms with Crippen LogP contribution >= 0.6 is 0 Å². The lowest BCUT2D eigenvalue weighted by Gasteiger charge is -2.11. The molecule has 1 atom stereocenters. The molecule has 0 aromatic heterocycles. The van der Waals surface area contributed by atoms with E-state index < -0.39 is 0 Å². The summed E-state index contributed by atoms with van der Waals surface area (Å²) in [5.41, 5.74) is 8.80. The Morgan fingerprint density at radius 1 is 1.54 bits per heavy atom. The quantitative estimate of drug-likeness (QED) is 0.746. The molecule has 1 rings (SSSR count). The molecule has 0 radical (unpaired) electrons. The topological polar surface area (TPSA) is 49.8 Å². The molecule has 0 fully saturated rings. The Labute approximate surface area is 79.0 Å². The maximum atomic E-state index is 8.72. The minimum absolute atomic E-state index is 0.00301. The Morgan fingerprint density at radius 2 is 2.23 bits per heavy atom. The van der Waals surface area contributed by atoms with Crippen molar-refractivity contribution >= 4 is 0 Å². The minimum Gasteiger partial charge on any atom is -0.324 e. The Bertz CT molecular complexity index is 334. The van der Waals surface area contributed by atoms with Gasteiger partial charge in [-0.2, -0.15) is 5.26 Å². The summed E-state index contributed by atoms with van der Waals surface area (Å²) >= 11 is 0. The average Bonchev–Trinajstić information content (AvgIpc) is 2.16. The van der Waals surface area contributed by atoms with Gasteiger partial charge < -0.3 is 5.73 Å². The molecular formula is C11H14N2. The second-order valence-electron chi connectivity index (χ2n) is 3.17. The smallest absolute Gasteiger partial charge is 0.0991 e. The van der Waals surface area contributed by atoms with Crippen LogP contribution in [-0.4, -0.2) is 0 Å². The standard InChI is InChI=1S/C11H14N2/c1-3-10-5-4-9(7-12)6-11(10)8(2)13/h4-6,8H,3,13H2,1-2H3/t8-/m0/s1. The van der Waals surface area contributed by atoms with Crippen molar-refractivity contribution in [3.05, 3.63) is 34.9 Å². The SMILES string of the molecule is CCc1ccc(C#N)cc1[C@H](C)N. The van der Waals surface area contributed by atoms with E-state index in [1.807, 2.05) is 25.1 Å². The first-order valence-corrected chi connectivity index (χ1v) is 4.47. The van der Waals surface area contributed by atoms with Gasteiger partial charge in [0, 0.05) is 6.04 Å². The molecule has 0 heterocycles. The van der Waals surface area contributed by atoms with Gasteiger partial charge in [-0.1, -0.05) is 13.0 Å². The Kier molecular flexibility index (Phi) is 3.05. The summed E-state index contributed by atoms with van der Waals surface area (Å²) in [4.78, 5) is 0. The van der Waals surface area contributed by atoms with Crippen LogP contribution in [0, 0.1) is 11.3 Å². The summed E-state index contributed by atoms with van der Waals surface area (Å²) in [7, 11) is 0. The van der Waals surface area contributed by atoms with Crippen LogP contribution in [0.15, 0.2) is 18.2 Å². The van der Waals surface area contributed by atoms with Crippen molar-refractivity contribution in [1.82, 2.24) is 0 Å². The minimum atomic E-state index is 0.00301. The summed E-state index contributed by atoms with van der Waals surface area (Å²) < 4.78 is 0. The number of hydrogen-bond acceptors (Lipinski definition) is 2. The first-order chi connectivity index (χ1) is 6.19. The van der Waals surface area contributed by atoms with Crippen molar-refractivity contribution < 1.29 is 0 Å². The molecule has 13 heavy (non-hydrogen) atoms. The lowest BCUT2D eigenvalue weighted by molar-refractivity contribution is 0.800. The molecule has 1 aromatic rings. The molecule has 0 aliphatic rings. The predicted octanol–water partition coefficient (Wildman–Crippen LogP) is 2.14. The van der Waals surface area contributed by atoms with Crippen molar-refractivity contribution in [3.63, 3.8) is 0 Å². The zero-order chi connectivity index (χ0) is 9.84. The van der Waals surface area contributed by atoms with E-state index in [4.69, 9.17) is 11.0 Å². The third-order valence-corrected chi connectivity index (χ3v) is 2.15. The molecule has 1 aromatic carbocycles. The van der Waals surface area contributed by atoms with E-state index >= 15 is 0 Å². The normalized spacial score (nSPS) is 12.2. The molecule has 0 saturated carbocycles. The summed E-state index contributed by atoms with van der Waals surface area (Å²) in [5, 5.41) is 8.72. The maximum Gasteiger partial charge on any atom is 0.0991 e. The van der Waals surface area contributed by atoms with Gasteiger partial charge in [0.2, 0.25) is 0 Å². The highest BCUT2D eigenvalue weighted by atomic mass is 14.6. The number of nitriles is 1. The van der Waals surface area contributed by atoms with Gasteiger partial charge in [-0.05, 0) is 36.6 Å². The summed E-state index contributed by atoms with van der Waals surface area (Å²) in [6, 6.07) is 7.82. The van der Waals surface area contributed by atoms with E-state index in [0.29, 0.717) is 5.56 Å². The highest BCUT2D eigenvalue weighted by Crippen LogP contribution is 2.18. The number of rotatable bonds is 2. The Morgan fingerprint density at radius 3 is 2.69 bits per heavy atom. The van der Waals surface area contributed by atoms with E-state index in [2.05, 4.69) is 13.0 Å². The van der Waals surface area contributed by atoms with E-state index in [1.165, 1.54) is 5.56 Å². The maximum absolute atomic E-state index is 8.72. The highest BCUT2D eigenvalue weighted by molar-refractivity contribution is 5.39. The van der Waals surface area contributed by atoms with Crippen LogP contribution in [0.2, 0.25) is 0 Å². The van der Waals surface area contributed by atoms with Gasteiger partial charge in [0.1, 0.15) is 0 Å². The van der Waals surface area contributed by atoms with Crippen LogP contribution in [-0.2, 0) is 6.42 Å². The van der Waals surface area contributed by atoms with Crippen molar-refractivity contribution in [3.8, 4) is 6.07 Å². The van der Waals surface area contributed by atoms with Gasteiger partial charge in [-0.3, -0.25) is 0 Å². The number of hydrogen-bond donors (Lipinski definition) is 1. The van der Waals surface area contributed by atoms with Gasteiger partial charge >= 0.3 is 0 Å². The van der Waals surface area contributed by atoms with Crippen LogP contribution in [0.5, 0.6) is 0 Å². The van der Waals surface area contributed by atoms with Gasteiger partial charge in [0.15, 0.2) is 0 Å². The number of benzene rings is 1. The van der Waals surface area contributed by atoms with Gasteiger partial charge in [-0.25, -0.2) is 0 Å². The first kappa shape index (κ1) is 9.76. The molecule has 0 unspecified atom stereocenters. The van der Waals surface area contributed by atoms with E-state index in [9.17, 15) is 0 Å². The fourth-order valence-electron chi connectivity index (χ4n) is 1.41. The summed E-state index contributed by atoms with van der Waals surface area (Å²) in [6.07, 6.45) is 0.961.